The van der Waals surface area contributed by atoms with Gasteiger partial charge in [-0.25, -0.2) is 8.78 Å². The molecular formula is C12H16ClF2N. The highest BCUT2D eigenvalue weighted by Crippen LogP contribution is 2.37. The maximum Gasteiger partial charge on any atom is 0.267 e. The smallest absolute Gasteiger partial charge is 0.267 e. The number of benzene rings is 1. The summed E-state index contributed by atoms with van der Waals surface area (Å²) in [5, 5.41) is 2.90. The van der Waals surface area contributed by atoms with E-state index < -0.39 is 12.0 Å². The summed E-state index contributed by atoms with van der Waals surface area (Å²) < 4.78 is 27.2. The number of piperidine rings is 1. The first-order chi connectivity index (χ1) is 7.09. The summed E-state index contributed by atoms with van der Waals surface area (Å²) >= 11 is 0. The number of nitrogens with one attached hydrogen (secondary N) is 1. The quantitative estimate of drug-likeness (QED) is 0.801. The lowest BCUT2D eigenvalue weighted by molar-refractivity contribution is -0.0619. The van der Waals surface area contributed by atoms with Crippen molar-refractivity contribution in [1.29, 1.82) is 0 Å². The van der Waals surface area contributed by atoms with Crippen molar-refractivity contribution in [1.82, 2.24) is 5.32 Å². The first-order valence-electron chi connectivity index (χ1n) is 5.27. The van der Waals surface area contributed by atoms with E-state index in [2.05, 4.69) is 5.32 Å². The van der Waals surface area contributed by atoms with Gasteiger partial charge >= 0.3 is 0 Å². The molecule has 4 heteroatoms. The Morgan fingerprint density at radius 2 is 1.88 bits per heavy atom. The molecule has 1 saturated heterocycles. The van der Waals surface area contributed by atoms with Crippen LogP contribution in [0.1, 0.15) is 30.0 Å². The topological polar surface area (TPSA) is 12.0 Å². The Morgan fingerprint density at radius 1 is 1.25 bits per heavy atom. The highest BCUT2D eigenvalue weighted by atomic mass is 35.5. The molecule has 0 saturated carbocycles. The van der Waals surface area contributed by atoms with E-state index in [0.717, 1.165) is 5.56 Å². The van der Waals surface area contributed by atoms with Crippen LogP contribution < -0.4 is 5.32 Å². The second-order valence-corrected chi connectivity index (χ2v) is 4.16. The number of rotatable bonds is 1. The molecule has 1 atom stereocenters. The standard InChI is InChI=1S/C12H15F2N.ClH/c1-9-3-5-10(6-4-9)11-12(13,14)7-2-8-15-11;/h3-6,11,15H,2,7-8H2,1H3;1H. The van der Waals surface area contributed by atoms with Crippen LogP contribution in [0.5, 0.6) is 0 Å². The molecule has 1 nitrogen and oxygen atoms in total. The Hall–Kier alpha value is -0.670. The summed E-state index contributed by atoms with van der Waals surface area (Å²) in [4.78, 5) is 0. The van der Waals surface area contributed by atoms with E-state index in [1.165, 1.54) is 0 Å². The molecule has 2 rings (SSSR count). The minimum absolute atomic E-state index is 0. The molecular weight excluding hydrogens is 232 g/mol. The zero-order valence-corrected chi connectivity index (χ0v) is 9.99. The molecule has 0 aromatic heterocycles. The second kappa shape index (κ2) is 5.11. The summed E-state index contributed by atoms with van der Waals surface area (Å²) in [5.74, 6) is -2.62. The summed E-state index contributed by atoms with van der Waals surface area (Å²) in [6.45, 7) is 2.63. The predicted molar refractivity (Wildman–Crippen MR) is 63.4 cm³/mol. The molecule has 0 bridgehead atoms. The number of hydrogen-bond acceptors (Lipinski definition) is 1. The van der Waals surface area contributed by atoms with Crippen LogP contribution in [0.15, 0.2) is 24.3 Å². The highest BCUT2D eigenvalue weighted by Gasteiger charge is 2.42. The minimum Gasteiger partial charge on any atom is -0.305 e. The van der Waals surface area contributed by atoms with E-state index in [4.69, 9.17) is 0 Å². The lowest BCUT2D eigenvalue weighted by Gasteiger charge is -2.32. The van der Waals surface area contributed by atoms with Crippen LogP contribution in [0.3, 0.4) is 0 Å². The van der Waals surface area contributed by atoms with Gasteiger partial charge in [-0.3, -0.25) is 0 Å². The number of alkyl halides is 2. The molecule has 1 heterocycles. The lowest BCUT2D eigenvalue weighted by Crippen LogP contribution is -2.42. The molecule has 16 heavy (non-hydrogen) atoms. The molecule has 1 aromatic carbocycles. The zero-order valence-electron chi connectivity index (χ0n) is 9.17. The van der Waals surface area contributed by atoms with Crippen molar-refractivity contribution in [2.45, 2.75) is 31.7 Å². The minimum atomic E-state index is -2.62. The van der Waals surface area contributed by atoms with Gasteiger partial charge < -0.3 is 5.32 Å². The molecule has 1 unspecified atom stereocenters. The lowest BCUT2D eigenvalue weighted by atomic mass is 9.93. The van der Waals surface area contributed by atoms with Crippen molar-refractivity contribution < 1.29 is 8.78 Å². The largest absolute Gasteiger partial charge is 0.305 e. The van der Waals surface area contributed by atoms with E-state index in [9.17, 15) is 8.78 Å². The van der Waals surface area contributed by atoms with E-state index in [0.29, 0.717) is 18.5 Å². The molecule has 90 valence electrons. The van der Waals surface area contributed by atoms with E-state index >= 15 is 0 Å². The van der Waals surface area contributed by atoms with Crippen LogP contribution in [0.4, 0.5) is 8.78 Å². The number of hydrogen-bond donors (Lipinski definition) is 1. The van der Waals surface area contributed by atoms with Gasteiger partial charge in [0.05, 0.1) is 6.04 Å². The Balaban J connectivity index is 0.00000128. The van der Waals surface area contributed by atoms with Crippen LogP contribution >= 0.6 is 12.4 Å². The summed E-state index contributed by atoms with van der Waals surface area (Å²) in [5.41, 5.74) is 1.78. The zero-order chi connectivity index (χ0) is 10.9. The predicted octanol–water partition coefficient (Wildman–Crippen LogP) is 3.48. The summed E-state index contributed by atoms with van der Waals surface area (Å²) in [6.07, 6.45) is 0.536. The van der Waals surface area contributed by atoms with Crippen molar-refractivity contribution in [2.75, 3.05) is 6.54 Å². The van der Waals surface area contributed by atoms with Crippen molar-refractivity contribution in [2.24, 2.45) is 0 Å². The van der Waals surface area contributed by atoms with E-state index in [-0.39, 0.29) is 18.8 Å². The van der Waals surface area contributed by atoms with Gasteiger partial charge in [0.15, 0.2) is 0 Å². The maximum atomic E-state index is 13.6. The molecule has 1 aromatic rings. The van der Waals surface area contributed by atoms with E-state index in [1.54, 1.807) is 12.1 Å². The molecule has 0 radical (unpaired) electrons. The van der Waals surface area contributed by atoms with Crippen molar-refractivity contribution in [3.63, 3.8) is 0 Å². The van der Waals surface area contributed by atoms with Crippen LogP contribution in [0.2, 0.25) is 0 Å². The molecule has 1 aliphatic heterocycles. The van der Waals surface area contributed by atoms with Gasteiger partial charge in [0, 0.05) is 6.42 Å². The monoisotopic (exact) mass is 247 g/mol. The Kier molecular flexibility index (Phi) is 4.28. The van der Waals surface area contributed by atoms with Gasteiger partial charge in [-0.1, -0.05) is 29.8 Å². The SMILES string of the molecule is Cc1ccc(C2NCCCC2(F)F)cc1.Cl. The average Bonchev–Trinajstić information content (AvgIpc) is 2.19. The molecule has 1 fully saturated rings. The fraction of sp³-hybridized carbons (Fsp3) is 0.500. The number of halogens is 3. The van der Waals surface area contributed by atoms with Crippen molar-refractivity contribution in [3.05, 3.63) is 35.4 Å². The molecule has 0 spiro atoms. The van der Waals surface area contributed by atoms with Crippen molar-refractivity contribution in [3.8, 4) is 0 Å². The average molecular weight is 248 g/mol. The fourth-order valence-electron chi connectivity index (χ4n) is 1.98. The van der Waals surface area contributed by atoms with E-state index in [1.807, 2.05) is 19.1 Å². The molecule has 1 aliphatic rings. The molecule has 1 N–H and O–H groups in total. The van der Waals surface area contributed by atoms with Crippen LogP contribution in [-0.2, 0) is 0 Å². The summed E-state index contributed by atoms with van der Waals surface area (Å²) in [6, 6.07) is 6.51. The molecule has 0 amide bonds. The van der Waals surface area contributed by atoms with Gasteiger partial charge in [0.25, 0.3) is 5.92 Å². The Labute approximate surface area is 101 Å². The van der Waals surface area contributed by atoms with Gasteiger partial charge in [-0.2, -0.15) is 0 Å². The van der Waals surface area contributed by atoms with Gasteiger partial charge in [-0.15, -0.1) is 12.4 Å². The fourth-order valence-corrected chi connectivity index (χ4v) is 1.98. The van der Waals surface area contributed by atoms with Crippen LogP contribution in [0.25, 0.3) is 0 Å². The third kappa shape index (κ3) is 2.71. The Morgan fingerprint density at radius 3 is 2.44 bits per heavy atom. The first-order valence-corrected chi connectivity index (χ1v) is 5.27. The van der Waals surface area contributed by atoms with Crippen molar-refractivity contribution >= 4 is 12.4 Å². The van der Waals surface area contributed by atoms with Crippen LogP contribution in [0, 0.1) is 6.92 Å². The van der Waals surface area contributed by atoms with Gasteiger partial charge in [0.2, 0.25) is 0 Å². The van der Waals surface area contributed by atoms with Crippen LogP contribution in [-0.4, -0.2) is 12.5 Å². The summed E-state index contributed by atoms with van der Waals surface area (Å²) in [7, 11) is 0. The highest BCUT2D eigenvalue weighted by molar-refractivity contribution is 5.85. The first kappa shape index (κ1) is 13.4. The second-order valence-electron chi connectivity index (χ2n) is 4.16. The normalized spacial score (nSPS) is 23.6. The maximum absolute atomic E-state index is 13.6. The van der Waals surface area contributed by atoms with Gasteiger partial charge in [-0.05, 0) is 25.5 Å². The van der Waals surface area contributed by atoms with Gasteiger partial charge in [0.1, 0.15) is 0 Å². The number of aryl methyl sites for hydroxylation is 1. The Bertz CT molecular complexity index is 337. The third-order valence-corrected chi connectivity index (χ3v) is 2.87. The molecule has 0 aliphatic carbocycles. The third-order valence-electron chi connectivity index (χ3n) is 2.87.